The molecule has 0 aromatic heterocycles. The monoisotopic (exact) mass is 334 g/mol. The van der Waals surface area contributed by atoms with Crippen LogP contribution in [0.1, 0.15) is 29.6 Å². The van der Waals surface area contributed by atoms with Crippen LogP contribution in [-0.4, -0.2) is 24.7 Å². The zero-order valence-corrected chi connectivity index (χ0v) is 12.7. The Kier molecular flexibility index (Phi) is 4.42. The lowest BCUT2D eigenvalue weighted by atomic mass is 10.1. The fraction of sp³-hybridized carbons (Fsp3) is 0.308. The molecular formula is C13H12Cl2O4S. The SMILES string of the molecule is O=C(O)c1c(Cl)ccc(S(=O)(=O)C2C=CCCC2)c1Cl. The molecule has 0 radical (unpaired) electrons. The van der Waals surface area contributed by atoms with E-state index in [1.54, 1.807) is 6.08 Å². The topological polar surface area (TPSA) is 71.4 Å². The van der Waals surface area contributed by atoms with Gasteiger partial charge in [0, 0.05) is 0 Å². The highest BCUT2D eigenvalue weighted by Gasteiger charge is 2.31. The number of hydrogen-bond donors (Lipinski definition) is 1. The number of rotatable bonds is 3. The van der Waals surface area contributed by atoms with E-state index >= 15 is 0 Å². The van der Waals surface area contributed by atoms with Gasteiger partial charge in [-0.1, -0.05) is 35.4 Å². The largest absolute Gasteiger partial charge is 0.478 e. The van der Waals surface area contributed by atoms with E-state index in [0.717, 1.165) is 12.8 Å². The van der Waals surface area contributed by atoms with Crippen LogP contribution in [0.5, 0.6) is 0 Å². The summed E-state index contributed by atoms with van der Waals surface area (Å²) in [5, 5.41) is 7.99. The summed E-state index contributed by atoms with van der Waals surface area (Å²) < 4.78 is 25.0. The first-order valence-corrected chi connectivity index (χ1v) is 8.27. The van der Waals surface area contributed by atoms with E-state index in [9.17, 15) is 13.2 Å². The number of carboxylic acids is 1. The quantitative estimate of drug-likeness (QED) is 0.857. The lowest BCUT2D eigenvalue weighted by molar-refractivity contribution is 0.0697. The first-order chi connectivity index (χ1) is 9.35. The third kappa shape index (κ3) is 2.71. The standard InChI is InChI=1S/C13H12Cl2O4S/c14-9-6-7-10(12(15)11(9)13(16)17)20(18,19)8-4-2-1-3-5-8/h2,4,6-8H,1,3,5H2,(H,16,17). The van der Waals surface area contributed by atoms with Crippen LogP contribution in [0.3, 0.4) is 0 Å². The average Bonchev–Trinajstić information content (AvgIpc) is 2.39. The van der Waals surface area contributed by atoms with Crippen LogP contribution in [0.4, 0.5) is 0 Å². The molecule has 20 heavy (non-hydrogen) atoms. The molecule has 108 valence electrons. The number of halogens is 2. The summed E-state index contributed by atoms with van der Waals surface area (Å²) in [6, 6.07) is 2.51. The van der Waals surface area contributed by atoms with Crippen molar-refractivity contribution in [2.75, 3.05) is 0 Å². The Bertz CT molecular complexity index is 680. The number of aromatic carboxylic acids is 1. The molecule has 0 spiro atoms. The molecule has 1 aliphatic rings. The maximum atomic E-state index is 12.5. The van der Waals surface area contributed by atoms with Crippen molar-refractivity contribution in [2.24, 2.45) is 0 Å². The summed E-state index contributed by atoms with van der Waals surface area (Å²) in [4.78, 5) is 10.9. The summed E-state index contributed by atoms with van der Waals surface area (Å²) >= 11 is 11.7. The number of allylic oxidation sites excluding steroid dienone is 1. The first-order valence-electron chi connectivity index (χ1n) is 5.97. The smallest absolute Gasteiger partial charge is 0.338 e. The van der Waals surface area contributed by atoms with E-state index in [0.29, 0.717) is 6.42 Å². The lowest BCUT2D eigenvalue weighted by Gasteiger charge is -2.18. The van der Waals surface area contributed by atoms with Crippen molar-refractivity contribution in [3.63, 3.8) is 0 Å². The van der Waals surface area contributed by atoms with Crippen molar-refractivity contribution in [3.05, 3.63) is 39.9 Å². The molecule has 2 rings (SSSR count). The molecule has 0 heterocycles. The van der Waals surface area contributed by atoms with E-state index in [4.69, 9.17) is 28.3 Å². The predicted octanol–water partition coefficient (Wildman–Crippen LogP) is 3.57. The van der Waals surface area contributed by atoms with Gasteiger partial charge in [0.1, 0.15) is 0 Å². The number of carbonyl (C=O) groups is 1. The average molecular weight is 335 g/mol. The van der Waals surface area contributed by atoms with Gasteiger partial charge >= 0.3 is 5.97 Å². The minimum atomic E-state index is -3.71. The summed E-state index contributed by atoms with van der Waals surface area (Å²) in [5.74, 6) is -1.35. The Labute approximate surface area is 126 Å². The molecule has 0 fully saturated rings. The van der Waals surface area contributed by atoms with Crippen molar-refractivity contribution in [2.45, 2.75) is 29.4 Å². The second-order valence-corrected chi connectivity index (χ2v) is 7.40. The van der Waals surface area contributed by atoms with Gasteiger partial charge in [-0.15, -0.1) is 0 Å². The normalized spacial score (nSPS) is 19.0. The van der Waals surface area contributed by atoms with Gasteiger partial charge in [0.2, 0.25) is 0 Å². The third-order valence-electron chi connectivity index (χ3n) is 3.18. The Balaban J connectivity index is 2.58. The summed E-state index contributed by atoms with van der Waals surface area (Å²) in [7, 11) is -3.71. The second kappa shape index (κ2) is 5.76. The van der Waals surface area contributed by atoms with Gasteiger partial charge in [0.05, 0.1) is 25.8 Å². The van der Waals surface area contributed by atoms with Gasteiger partial charge in [-0.25, -0.2) is 13.2 Å². The minimum Gasteiger partial charge on any atom is -0.478 e. The fourth-order valence-electron chi connectivity index (χ4n) is 2.15. The van der Waals surface area contributed by atoms with Gasteiger partial charge in [-0.05, 0) is 31.4 Å². The zero-order valence-electron chi connectivity index (χ0n) is 10.3. The molecule has 1 aromatic carbocycles. The highest BCUT2D eigenvalue weighted by Crippen LogP contribution is 2.34. The van der Waals surface area contributed by atoms with E-state index in [-0.39, 0.29) is 20.5 Å². The number of carboxylic acid groups (broad SMARTS) is 1. The van der Waals surface area contributed by atoms with Crippen LogP contribution in [0.2, 0.25) is 10.0 Å². The Morgan fingerprint density at radius 2 is 2.00 bits per heavy atom. The molecule has 0 saturated carbocycles. The number of benzene rings is 1. The van der Waals surface area contributed by atoms with E-state index in [1.807, 2.05) is 6.08 Å². The summed E-state index contributed by atoms with van der Waals surface area (Å²) in [6.07, 6.45) is 5.57. The zero-order chi connectivity index (χ0) is 14.9. The highest BCUT2D eigenvalue weighted by atomic mass is 35.5. The molecule has 1 unspecified atom stereocenters. The molecule has 0 saturated heterocycles. The van der Waals surface area contributed by atoms with E-state index < -0.39 is 21.1 Å². The van der Waals surface area contributed by atoms with Crippen LogP contribution >= 0.6 is 23.2 Å². The maximum Gasteiger partial charge on any atom is 0.338 e. The predicted molar refractivity (Wildman–Crippen MR) is 77.4 cm³/mol. The van der Waals surface area contributed by atoms with Gasteiger partial charge in [0.15, 0.2) is 9.84 Å². The van der Waals surface area contributed by atoms with Crippen LogP contribution in [0, 0.1) is 0 Å². The van der Waals surface area contributed by atoms with E-state index in [1.165, 1.54) is 12.1 Å². The Morgan fingerprint density at radius 1 is 1.30 bits per heavy atom. The first kappa shape index (κ1) is 15.4. The maximum absolute atomic E-state index is 12.5. The van der Waals surface area contributed by atoms with Crippen molar-refractivity contribution in [3.8, 4) is 0 Å². The van der Waals surface area contributed by atoms with Crippen LogP contribution in [0.25, 0.3) is 0 Å². The number of hydrogen-bond acceptors (Lipinski definition) is 3. The molecule has 0 amide bonds. The Hall–Kier alpha value is -1.04. The molecule has 7 heteroatoms. The molecule has 0 aliphatic heterocycles. The molecule has 1 N–H and O–H groups in total. The van der Waals surface area contributed by atoms with Gasteiger partial charge in [-0.3, -0.25) is 0 Å². The van der Waals surface area contributed by atoms with Gasteiger partial charge < -0.3 is 5.11 Å². The number of sulfone groups is 1. The summed E-state index contributed by atoms with van der Waals surface area (Å²) in [5.41, 5.74) is -0.380. The lowest BCUT2D eigenvalue weighted by Crippen LogP contribution is -2.22. The van der Waals surface area contributed by atoms with Crippen molar-refractivity contribution >= 4 is 39.0 Å². The van der Waals surface area contributed by atoms with Crippen LogP contribution < -0.4 is 0 Å². The molecule has 4 nitrogen and oxygen atoms in total. The second-order valence-electron chi connectivity index (χ2n) is 4.48. The highest BCUT2D eigenvalue weighted by molar-refractivity contribution is 7.92. The Morgan fingerprint density at radius 3 is 2.55 bits per heavy atom. The van der Waals surface area contributed by atoms with Crippen molar-refractivity contribution in [1.82, 2.24) is 0 Å². The minimum absolute atomic E-state index is 0.0827. The summed E-state index contributed by atoms with van der Waals surface area (Å²) in [6.45, 7) is 0. The van der Waals surface area contributed by atoms with Crippen LogP contribution in [0.15, 0.2) is 29.2 Å². The third-order valence-corrected chi connectivity index (χ3v) is 6.15. The molecule has 0 bridgehead atoms. The van der Waals surface area contributed by atoms with Crippen molar-refractivity contribution < 1.29 is 18.3 Å². The van der Waals surface area contributed by atoms with Crippen molar-refractivity contribution in [1.29, 1.82) is 0 Å². The molecule has 1 aliphatic carbocycles. The van der Waals surface area contributed by atoms with Gasteiger partial charge in [-0.2, -0.15) is 0 Å². The molecule has 1 atom stereocenters. The van der Waals surface area contributed by atoms with E-state index in [2.05, 4.69) is 0 Å². The van der Waals surface area contributed by atoms with Gasteiger partial charge in [0.25, 0.3) is 0 Å². The van der Waals surface area contributed by atoms with Crippen LogP contribution in [-0.2, 0) is 9.84 Å². The molecule has 1 aromatic rings. The fourth-order valence-corrected chi connectivity index (χ4v) is 4.74. The molecular weight excluding hydrogens is 323 g/mol.